The van der Waals surface area contributed by atoms with Gasteiger partial charge < -0.3 is 4.52 Å². The van der Waals surface area contributed by atoms with Gasteiger partial charge in [-0.1, -0.05) is 28.0 Å². The van der Waals surface area contributed by atoms with Crippen molar-refractivity contribution in [3.63, 3.8) is 0 Å². The molecule has 0 spiro atoms. The summed E-state index contributed by atoms with van der Waals surface area (Å²) in [5, 5.41) is 4.65. The van der Waals surface area contributed by atoms with Gasteiger partial charge in [-0.3, -0.25) is 0 Å². The van der Waals surface area contributed by atoms with E-state index in [1.54, 1.807) is 6.20 Å². The summed E-state index contributed by atoms with van der Waals surface area (Å²) in [4.78, 5) is 0. The standard InChI is InChI=1S/C7H10BrNO/c1-5(3-8)7-4-9-10-6(7)2/h4-5H,3H2,1-2H3. The number of alkyl halides is 1. The van der Waals surface area contributed by atoms with E-state index in [-0.39, 0.29) is 0 Å². The van der Waals surface area contributed by atoms with Crippen molar-refractivity contribution in [3.8, 4) is 0 Å². The first-order chi connectivity index (χ1) is 4.75. The molecule has 0 aliphatic carbocycles. The number of halogens is 1. The second-order valence-electron chi connectivity index (χ2n) is 2.39. The lowest BCUT2D eigenvalue weighted by Crippen LogP contribution is -1.93. The first kappa shape index (κ1) is 7.79. The molecule has 1 atom stereocenters. The molecule has 0 radical (unpaired) electrons. The molecule has 1 rings (SSSR count). The van der Waals surface area contributed by atoms with Gasteiger partial charge >= 0.3 is 0 Å². The minimum atomic E-state index is 0.492. The van der Waals surface area contributed by atoms with Crippen molar-refractivity contribution in [2.24, 2.45) is 0 Å². The summed E-state index contributed by atoms with van der Waals surface area (Å²) >= 11 is 3.40. The highest BCUT2D eigenvalue weighted by Crippen LogP contribution is 2.19. The van der Waals surface area contributed by atoms with Gasteiger partial charge in [0.25, 0.3) is 0 Å². The maximum absolute atomic E-state index is 4.92. The number of rotatable bonds is 2. The Bertz CT molecular complexity index is 209. The van der Waals surface area contributed by atoms with Crippen molar-refractivity contribution in [1.82, 2.24) is 5.16 Å². The number of hydrogen-bond acceptors (Lipinski definition) is 2. The minimum absolute atomic E-state index is 0.492. The van der Waals surface area contributed by atoms with Gasteiger partial charge in [-0.2, -0.15) is 0 Å². The van der Waals surface area contributed by atoms with Gasteiger partial charge in [0.2, 0.25) is 0 Å². The van der Waals surface area contributed by atoms with Gasteiger partial charge in [0.1, 0.15) is 5.76 Å². The van der Waals surface area contributed by atoms with Crippen LogP contribution in [0.15, 0.2) is 10.7 Å². The van der Waals surface area contributed by atoms with Crippen molar-refractivity contribution in [1.29, 1.82) is 0 Å². The summed E-state index contributed by atoms with van der Waals surface area (Å²) in [5.74, 6) is 1.42. The molecule has 3 heteroatoms. The second kappa shape index (κ2) is 3.19. The predicted octanol–water partition coefficient (Wildman–Crippen LogP) is 2.48. The van der Waals surface area contributed by atoms with Gasteiger partial charge in [0.05, 0.1) is 6.20 Å². The minimum Gasteiger partial charge on any atom is -0.361 e. The number of nitrogens with zero attached hydrogens (tertiary/aromatic N) is 1. The second-order valence-corrected chi connectivity index (χ2v) is 3.04. The summed E-state index contributed by atoms with van der Waals surface area (Å²) < 4.78 is 4.92. The molecule has 0 saturated heterocycles. The summed E-state index contributed by atoms with van der Waals surface area (Å²) in [5.41, 5.74) is 1.19. The quantitative estimate of drug-likeness (QED) is 0.691. The maximum atomic E-state index is 4.92. The lowest BCUT2D eigenvalue weighted by atomic mass is 10.1. The van der Waals surface area contributed by atoms with Crippen LogP contribution in [0.4, 0.5) is 0 Å². The molecular weight excluding hydrogens is 194 g/mol. The zero-order valence-electron chi connectivity index (χ0n) is 6.10. The fourth-order valence-electron chi connectivity index (χ4n) is 0.863. The monoisotopic (exact) mass is 203 g/mol. The van der Waals surface area contributed by atoms with Crippen LogP contribution in [-0.2, 0) is 0 Å². The summed E-state index contributed by atoms with van der Waals surface area (Å²) in [6.45, 7) is 4.07. The van der Waals surface area contributed by atoms with Gasteiger partial charge in [-0.25, -0.2) is 0 Å². The molecule has 10 heavy (non-hydrogen) atoms. The Labute approximate surface area is 68.7 Å². The van der Waals surface area contributed by atoms with Crippen LogP contribution in [0.5, 0.6) is 0 Å². The smallest absolute Gasteiger partial charge is 0.137 e. The zero-order valence-corrected chi connectivity index (χ0v) is 7.68. The Morgan fingerprint density at radius 2 is 2.50 bits per heavy atom. The van der Waals surface area contributed by atoms with Crippen LogP contribution < -0.4 is 0 Å². The predicted molar refractivity (Wildman–Crippen MR) is 43.4 cm³/mol. The van der Waals surface area contributed by atoms with E-state index in [1.165, 1.54) is 5.56 Å². The van der Waals surface area contributed by atoms with Gasteiger partial charge in [0, 0.05) is 10.9 Å². The Kier molecular flexibility index (Phi) is 2.49. The average Bonchev–Trinajstić information content (AvgIpc) is 2.34. The zero-order chi connectivity index (χ0) is 7.56. The van der Waals surface area contributed by atoms with Crippen molar-refractivity contribution in [2.75, 3.05) is 5.33 Å². The molecule has 1 aromatic rings. The van der Waals surface area contributed by atoms with Gasteiger partial charge in [-0.15, -0.1) is 0 Å². The Morgan fingerprint density at radius 1 is 1.80 bits per heavy atom. The van der Waals surface area contributed by atoms with Crippen LogP contribution in [0, 0.1) is 6.92 Å². The molecule has 1 heterocycles. The molecule has 0 aliphatic rings. The molecule has 2 nitrogen and oxygen atoms in total. The topological polar surface area (TPSA) is 26.0 Å². The van der Waals surface area contributed by atoms with Crippen molar-refractivity contribution in [3.05, 3.63) is 17.5 Å². The molecule has 1 aromatic heterocycles. The fourth-order valence-corrected chi connectivity index (χ4v) is 1.21. The van der Waals surface area contributed by atoms with Crippen LogP contribution in [0.3, 0.4) is 0 Å². The fraction of sp³-hybridized carbons (Fsp3) is 0.571. The van der Waals surface area contributed by atoms with Crippen LogP contribution in [0.2, 0.25) is 0 Å². The SMILES string of the molecule is Cc1oncc1C(C)CBr. The third-order valence-electron chi connectivity index (χ3n) is 1.55. The lowest BCUT2D eigenvalue weighted by Gasteiger charge is -2.02. The molecule has 0 saturated carbocycles. The van der Waals surface area contributed by atoms with Crippen molar-refractivity contribution < 1.29 is 4.52 Å². The molecule has 0 aromatic carbocycles. The summed E-state index contributed by atoms with van der Waals surface area (Å²) in [6.07, 6.45) is 1.78. The molecule has 56 valence electrons. The molecule has 0 fully saturated rings. The summed E-state index contributed by atoms with van der Waals surface area (Å²) in [7, 11) is 0. The highest BCUT2D eigenvalue weighted by atomic mass is 79.9. The first-order valence-corrected chi connectivity index (χ1v) is 4.35. The third kappa shape index (κ3) is 1.40. The van der Waals surface area contributed by atoms with Gasteiger partial charge in [0.15, 0.2) is 0 Å². The van der Waals surface area contributed by atoms with E-state index in [1.807, 2.05) is 6.92 Å². The first-order valence-electron chi connectivity index (χ1n) is 3.23. The Morgan fingerprint density at radius 3 is 2.90 bits per heavy atom. The molecule has 0 aliphatic heterocycles. The van der Waals surface area contributed by atoms with Crippen LogP contribution >= 0.6 is 15.9 Å². The molecule has 0 N–H and O–H groups in total. The maximum Gasteiger partial charge on any atom is 0.137 e. The number of aromatic nitrogens is 1. The summed E-state index contributed by atoms with van der Waals surface area (Å²) in [6, 6.07) is 0. The van der Waals surface area contributed by atoms with E-state index in [4.69, 9.17) is 4.52 Å². The average molecular weight is 204 g/mol. The Balaban J connectivity index is 2.82. The van der Waals surface area contributed by atoms with Crippen molar-refractivity contribution in [2.45, 2.75) is 19.8 Å². The van der Waals surface area contributed by atoms with E-state index < -0.39 is 0 Å². The van der Waals surface area contributed by atoms with Crippen LogP contribution in [-0.4, -0.2) is 10.5 Å². The molecule has 0 amide bonds. The van der Waals surface area contributed by atoms with E-state index in [9.17, 15) is 0 Å². The largest absolute Gasteiger partial charge is 0.361 e. The van der Waals surface area contributed by atoms with Crippen molar-refractivity contribution >= 4 is 15.9 Å². The van der Waals surface area contributed by atoms with E-state index in [0.717, 1.165) is 11.1 Å². The lowest BCUT2D eigenvalue weighted by molar-refractivity contribution is 0.395. The van der Waals surface area contributed by atoms with E-state index >= 15 is 0 Å². The van der Waals surface area contributed by atoms with E-state index in [0.29, 0.717) is 5.92 Å². The van der Waals surface area contributed by atoms with Crippen LogP contribution in [0.1, 0.15) is 24.2 Å². The molecular formula is C7H10BrNO. The number of hydrogen-bond donors (Lipinski definition) is 0. The van der Waals surface area contributed by atoms with Gasteiger partial charge in [-0.05, 0) is 12.8 Å². The normalized spacial score (nSPS) is 13.5. The van der Waals surface area contributed by atoms with Crippen LogP contribution in [0.25, 0.3) is 0 Å². The van der Waals surface area contributed by atoms with E-state index in [2.05, 4.69) is 28.0 Å². The number of aryl methyl sites for hydroxylation is 1. The highest BCUT2D eigenvalue weighted by molar-refractivity contribution is 9.09. The third-order valence-corrected chi connectivity index (χ3v) is 2.52. The molecule has 0 bridgehead atoms. The highest BCUT2D eigenvalue weighted by Gasteiger charge is 2.09. The Hall–Kier alpha value is -0.310. The molecule has 1 unspecified atom stereocenters.